The molecule has 0 aromatic rings. The smallest absolute Gasteiger partial charge is 0.359 e. The Bertz CT molecular complexity index is 409. The average molecular weight is 364 g/mol. The Morgan fingerprint density at radius 3 is 2.54 bits per heavy atom. The minimum Gasteiger partial charge on any atom is -0.548 e. The Balaban J connectivity index is -0.00000147. The Hall–Kier alpha value is 0.490. The zero-order chi connectivity index (χ0) is 15.7. The first-order valence-electron chi connectivity index (χ1n) is 7.39. The first-order valence-corrected chi connectivity index (χ1v) is 7.39. The minimum atomic E-state index is -1.27. The van der Waals surface area contributed by atoms with Gasteiger partial charge in [-0.25, -0.2) is 9.79 Å². The molecule has 0 aliphatic carbocycles. The summed E-state index contributed by atoms with van der Waals surface area (Å²) in [5, 5.41) is 19.5. The Morgan fingerprint density at radius 2 is 2.00 bits per heavy atom. The maximum Gasteiger partial charge on any atom is 0.359 e. The fraction of sp³-hybridized carbons (Fsp3) is 0.786. The van der Waals surface area contributed by atoms with Crippen molar-refractivity contribution in [2.75, 3.05) is 39.4 Å². The molecule has 130 valence electrons. The Morgan fingerprint density at radius 1 is 1.33 bits per heavy atom. The van der Waals surface area contributed by atoms with E-state index in [9.17, 15) is 14.7 Å². The van der Waals surface area contributed by atoms with E-state index in [1.165, 1.54) is 0 Å². The quantitative estimate of drug-likeness (QED) is 0.259. The van der Waals surface area contributed by atoms with Gasteiger partial charge < -0.3 is 25.2 Å². The number of aliphatic carboxylic acids is 2. The number of hydrogen-bond acceptors (Lipinski definition) is 5. The number of carbonyl (C=O) groups excluding carboxylic acids is 1. The first kappa shape index (κ1) is 29.3. The molecule has 3 N–H and O–H groups in total. The number of unbranched alkanes of at least 4 members (excludes halogenated alkanes) is 2. The molecule has 1 unspecified atom stereocenters. The Labute approximate surface area is 187 Å². The largest absolute Gasteiger partial charge is 0.548 e. The predicted molar refractivity (Wildman–Crippen MR) is 89.9 cm³/mol. The van der Waals surface area contributed by atoms with Crippen LogP contribution in [0.5, 0.6) is 0 Å². The number of rotatable bonds is 11. The second-order valence-electron chi connectivity index (χ2n) is 5.32. The molecule has 10 heteroatoms. The second-order valence-corrected chi connectivity index (χ2v) is 5.32. The average Bonchev–Trinajstić information content (AvgIpc) is 2.77. The van der Waals surface area contributed by atoms with E-state index in [0.29, 0.717) is 19.6 Å². The van der Waals surface area contributed by atoms with Crippen molar-refractivity contribution >= 4 is 76.9 Å². The van der Waals surface area contributed by atoms with Gasteiger partial charge in [-0.1, -0.05) is 19.8 Å². The number of hydrogen-bond donors (Lipinski definition) is 1. The van der Waals surface area contributed by atoms with Crippen molar-refractivity contribution in [3.05, 3.63) is 0 Å². The molecule has 0 bridgehead atoms. The maximum absolute atomic E-state index is 11.2. The molecular formula is C14H26N2Na2O6. The van der Waals surface area contributed by atoms with Gasteiger partial charge in [0.2, 0.25) is 0 Å². The molecule has 1 rings (SSSR count). The normalized spacial score (nSPS) is 18.6. The standard InChI is InChI=1S/C14H24N2O5.2Na.H2O/c1-2-3-4-5-12-15-6-7-16(12,10-13(17)18)8-9-21-11-14(19)20;;;/h2-11H2,1H3,(H-,17,18,19,20);;;1H2. The van der Waals surface area contributed by atoms with Crippen LogP contribution in [0.25, 0.3) is 0 Å². The van der Waals surface area contributed by atoms with E-state index >= 15 is 0 Å². The van der Waals surface area contributed by atoms with Gasteiger partial charge in [-0.15, -0.1) is 0 Å². The molecule has 0 saturated heterocycles. The maximum atomic E-state index is 11.2. The summed E-state index contributed by atoms with van der Waals surface area (Å²) in [7, 11) is 0. The molecule has 0 amide bonds. The number of amidine groups is 1. The van der Waals surface area contributed by atoms with E-state index in [1.54, 1.807) is 0 Å². The van der Waals surface area contributed by atoms with Crippen LogP contribution in [0.1, 0.15) is 32.6 Å². The molecule has 0 spiro atoms. The molecule has 0 fully saturated rings. The fourth-order valence-corrected chi connectivity index (χ4v) is 2.64. The molecule has 0 aromatic carbocycles. The van der Waals surface area contributed by atoms with Gasteiger partial charge in [0.25, 0.3) is 0 Å². The molecule has 0 aromatic heterocycles. The van der Waals surface area contributed by atoms with Gasteiger partial charge in [-0.2, -0.15) is 0 Å². The number of carbonyl (C=O) groups is 2. The molecule has 1 aliphatic rings. The van der Waals surface area contributed by atoms with Crippen molar-refractivity contribution in [3.8, 4) is 0 Å². The van der Waals surface area contributed by atoms with Crippen LogP contribution in [0.4, 0.5) is 0 Å². The van der Waals surface area contributed by atoms with E-state index in [4.69, 9.17) is 9.84 Å². The number of quaternary nitrogens is 1. The van der Waals surface area contributed by atoms with Crippen molar-refractivity contribution in [2.45, 2.75) is 32.6 Å². The van der Waals surface area contributed by atoms with Crippen molar-refractivity contribution in [3.63, 3.8) is 0 Å². The molecule has 1 heterocycles. The summed E-state index contributed by atoms with van der Waals surface area (Å²) in [5.41, 5.74) is 0. The molecule has 24 heavy (non-hydrogen) atoms. The summed E-state index contributed by atoms with van der Waals surface area (Å²) < 4.78 is 5.30. The monoisotopic (exact) mass is 364 g/mol. The topological polar surface area (TPSA) is 131 Å². The fourth-order valence-electron chi connectivity index (χ4n) is 2.64. The van der Waals surface area contributed by atoms with Crippen LogP contribution in [0.2, 0.25) is 0 Å². The van der Waals surface area contributed by atoms with Crippen LogP contribution < -0.4 is 5.11 Å². The van der Waals surface area contributed by atoms with Gasteiger partial charge in [-0.05, 0) is 6.42 Å². The minimum absolute atomic E-state index is 0. The van der Waals surface area contributed by atoms with Crippen LogP contribution in [-0.4, -0.2) is 131 Å². The number of carboxylic acids is 2. The van der Waals surface area contributed by atoms with E-state index < -0.39 is 18.5 Å². The third-order valence-corrected chi connectivity index (χ3v) is 3.70. The number of ether oxygens (including phenoxy) is 1. The van der Waals surface area contributed by atoms with Crippen LogP contribution in [0.15, 0.2) is 4.99 Å². The summed E-state index contributed by atoms with van der Waals surface area (Å²) in [4.78, 5) is 26.0. The molecule has 0 saturated carbocycles. The summed E-state index contributed by atoms with van der Waals surface area (Å²) in [6.07, 6.45) is 3.98. The van der Waals surface area contributed by atoms with Gasteiger partial charge in [0.1, 0.15) is 13.1 Å². The SMILES string of the molecule is CCCCCC1=NCC[N+]1(CCOCC(=O)[O-])CC(=O)O.O.[Na].[Na]. The molecule has 8 nitrogen and oxygen atoms in total. The summed E-state index contributed by atoms with van der Waals surface area (Å²) in [6.45, 7) is 3.51. The first-order chi connectivity index (χ1) is 10.00. The van der Waals surface area contributed by atoms with Gasteiger partial charge in [-0.3, -0.25) is 4.48 Å². The Kier molecular flexibility index (Phi) is 19.2. The zero-order valence-electron chi connectivity index (χ0n) is 15.0. The number of nitrogens with zero attached hydrogens (tertiary/aromatic N) is 2. The van der Waals surface area contributed by atoms with E-state index in [-0.39, 0.29) is 82.2 Å². The van der Waals surface area contributed by atoms with Gasteiger partial charge in [0.05, 0.1) is 25.7 Å². The van der Waals surface area contributed by atoms with E-state index in [2.05, 4.69) is 11.9 Å². The van der Waals surface area contributed by atoms with Crippen molar-refractivity contribution in [1.82, 2.24) is 0 Å². The summed E-state index contributed by atoms with van der Waals surface area (Å²) >= 11 is 0. The second kappa shape index (κ2) is 15.7. The molecule has 1 aliphatic heterocycles. The molecular weight excluding hydrogens is 338 g/mol. The van der Waals surface area contributed by atoms with Crippen LogP contribution in [-0.2, 0) is 14.3 Å². The van der Waals surface area contributed by atoms with Crippen LogP contribution in [0, 0.1) is 0 Å². The third kappa shape index (κ3) is 10.5. The number of carboxylic acid groups (broad SMARTS) is 2. The molecule has 1 atom stereocenters. The van der Waals surface area contributed by atoms with Gasteiger partial charge in [0.15, 0.2) is 12.4 Å². The van der Waals surface area contributed by atoms with Crippen LogP contribution >= 0.6 is 0 Å². The predicted octanol–water partition coefficient (Wildman–Crippen LogP) is -1.94. The van der Waals surface area contributed by atoms with Crippen LogP contribution in [0.3, 0.4) is 0 Å². The zero-order valence-corrected chi connectivity index (χ0v) is 19.0. The third-order valence-electron chi connectivity index (χ3n) is 3.70. The summed E-state index contributed by atoms with van der Waals surface area (Å²) in [6, 6.07) is 0. The van der Waals surface area contributed by atoms with Gasteiger partial charge >= 0.3 is 5.97 Å². The van der Waals surface area contributed by atoms with E-state index in [1.807, 2.05) is 0 Å². The molecule has 2 radical (unpaired) electrons. The van der Waals surface area contributed by atoms with Crippen molar-refractivity contribution in [1.29, 1.82) is 0 Å². The van der Waals surface area contributed by atoms with E-state index in [0.717, 1.165) is 31.5 Å². The van der Waals surface area contributed by atoms with Crippen molar-refractivity contribution < 1.29 is 34.5 Å². The number of aliphatic imine (C=N–C) groups is 1. The van der Waals surface area contributed by atoms with Crippen molar-refractivity contribution in [2.24, 2.45) is 4.99 Å². The van der Waals surface area contributed by atoms with Gasteiger partial charge in [0, 0.05) is 65.5 Å². The summed E-state index contributed by atoms with van der Waals surface area (Å²) in [5.74, 6) is -1.24.